The van der Waals surface area contributed by atoms with Crippen LogP contribution in [0.2, 0.25) is 0 Å². The number of ketones is 1. The molecule has 0 saturated carbocycles. The van der Waals surface area contributed by atoms with E-state index < -0.39 is 0 Å². The zero-order valence-electron chi connectivity index (χ0n) is 14.3. The van der Waals surface area contributed by atoms with Crippen molar-refractivity contribution in [1.29, 1.82) is 0 Å². The van der Waals surface area contributed by atoms with Crippen molar-refractivity contribution in [3.8, 4) is 5.75 Å². The number of hydrogen-bond donors (Lipinski definition) is 1. The number of likely N-dealkylation sites (tertiary alicyclic amines) is 1. The number of nitrogens with one attached hydrogen (secondary N) is 1. The average molecular weight is 330 g/mol. The molecule has 0 aliphatic carbocycles. The van der Waals surface area contributed by atoms with Crippen LogP contribution in [0.1, 0.15) is 43.0 Å². The van der Waals surface area contributed by atoms with Crippen molar-refractivity contribution in [2.24, 2.45) is 5.41 Å². The highest BCUT2D eigenvalue weighted by Gasteiger charge is 2.40. The Hall–Kier alpha value is -1.88. The van der Waals surface area contributed by atoms with Gasteiger partial charge in [0.25, 0.3) is 5.91 Å². The predicted molar refractivity (Wildman–Crippen MR) is 92.3 cm³/mol. The molecular weight excluding hydrogens is 304 g/mol. The molecule has 2 aliphatic heterocycles. The molecule has 0 unspecified atom stereocenters. The van der Waals surface area contributed by atoms with Gasteiger partial charge in [-0.05, 0) is 50.1 Å². The minimum atomic E-state index is 0.0474. The number of Topliss-reactive ketones (excluding diaryl/α,β-unsaturated/α-hetero) is 1. The van der Waals surface area contributed by atoms with E-state index in [4.69, 9.17) is 4.74 Å². The Kier molecular flexibility index (Phi) is 5.19. The highest BCUT2D eigenvalue weighted by Crippen LogP contribution is 2.36. The monoisotopic (exact) mass is 330 g/mol. The highest BCUT2D eigenvalue weighted by molar-refractivity contribution is 5.95. The number of amides is 1. The van der Waals surface area contributed by atoms with E-state index in [1.165, 1.54) is 12.8 Å². The molecule has 1 amide bonds. The molecule has 3 rings (SSSR count). The number of rotatable bonds is 5. The Morgan fingerprint density at radius 1 is 1.25 bits per heavy atom. The van der Waals surface area contributed by atoms with Gasteiger partial charge in [0, 0.05) is 37.0 Å². The summed E-state index contributed by atoms with van der Waals surface area (Å²) < 4.78 is 5.61. The summed E-state index contributed by atoms with van der Waals surface area (Å²) in [5.41, 5.74) is 0.957. The lowest BCUT2D eigenvalue weighted by atomic mass is 9.80. The number of piperidine rings is 1. The van der Waals surface area contributed by atoms with E-state index in [9.17, 15) is 9.59 Å². The largest absolute Gasteiger partial charge is 0.484 e. The van der Waals surface area contributed by atoms with E-state index in [1.807, 2.05) is 11.8 Å². The van der Waals surface area contributed by atoms with Crippen molar-refractivity contribution >= 4 is 11.7 Å². The maximum atomic E-state index is 12.4. The molecular formula is C19H26N2O3. The van der Waals surface area contributed by atoms with Crippen molar-refractivity contribution in [3.63, 3.8) is 0 Å². The molecule has 0 aromatic heterocycles. The molecule has 24 heavy (non-hydrogen) atoms. The Morgan fingerprint density at radius 2 is 2.04 bits per heavy atom. The van der Waals surface area contributed by atoms with Gasteiger partial charge in [0.15, 0.2) is 12.4 Å². The lowest BCUT2D eigenvalue weighted by Crippen LogP contribution is -2.43. The van der Waals surface area contributed by atoms with E-state index in [1.54, 1.807) is 24.3 Å². The first kappa shape index (κ1) is 17.0. The van der Waals surface area contributed by atoms with Gasteiger partial charge in [-0.15, -0.1) is 0 Å². The molecule has 5 heteroatoms. The molecule has 1 N–H and O–H groups in total. The third kappa shape index (κ3) is 3.78. The molecule has 1 atom stereocenters. The van der Waals surface area contributed by atoms with Crippen molar-refractivity contribution in [1.82, 2.24) is 10.2 Å². The second kappa shape index (κ2) is 7.34. The first-order valence-corrected chi connectivity index (χ1v) is 8.86. The fourth-order valence-electron chi connectivity index (χ4n) is 3.70. The van der Waals surface area contributed by atoms with Crippen LogP contribution in [0.4, 0.5) is 0 Å². The van der Waals surface area contributed by atoms with Gasteiger partial charge in [0.1, 0.15) is 5.75 Å². The molecule has 1 spiro atoms. The Labute approximate surface area is 143 Å². The van der Waals surface area contributed by atoms with E-state index >= 15 is 0 Å². The number of carbonyl (C=O) groups is 2. The number of nitrogens with zero attached hydrogens (tertiary/aromatic N) is 1. The van der Waals surface area contributed by atoms with Crippen LogP contribution < -0.4 is 10.1 Å². The maximum absolute atomic E-state index is 12.4. The summed E-state index contributed by atoms with van der Waals surface area (Å²) in [4.78, 5) is 25.9. The fraction of sp³-hybridized carbons (Fsp3) is 0.579. The standard InChI is InChI=1S/C19H26N2O3/c1-2-17(22)15-4-6-16(7-5-15)24-12-18(23)21-11-9-19(14-21)8-3-10-20-13-19/h4-7,20H,2-3,8-14H2,1H3/t19-/m1/s1. The number of hydrogen-bond acceptors (Lipinski definition) is 4. The lowest BCUT2D eigenvalue weighted by Gasteiger charge is -2.33. The molecule has 1 aromatic carbocycles. The summed E-state index contributed by atoms with van der Waals surface area (Å²) in [6.07, 6.45) is 3.97. The van der Waals surface area contributed by atoms with Gasteiger partial charge < -0.3 is 15.0 Å². The molecule has 2 saturated heterocycles. The van der Waals surface area contributed by atoms with Crippen LogP contribution in [0.25, 0.3) is 0 Å². The smallest absolute Gasteiger partial charge is 0.260 e. The summed E-state index contributed by atoms with van der Waals surface area (Å²) in [6.45, 7) is 5.68. The molecule has 2 heterocycles. The van der Waals surface area contributed by atoms with Crippen LogP contribution in [-0.2, 0) is 4.79 Å². The Bertz CT molecular complexity index is 591. The number of ether oxygens (including phenoxy) is 1. The molecule has 130 valence electrons. The van der Waals surface area contributed by atoms with Gasteiger partial charge in [0.2, 0.25) is 0 Å². The van der Waals surface area contributed by atoms with Crippen LogP contribution in [0.3, 0.4) is 0 Å². The van der Waals surface area contributed by atoms with Crippen molar-refractivity contribution in [3.05, 3.63) is 29.8 Å². The Morgan fingerprint density at radius 3 is 2.71 bits per heavy atom. The second-order valence-corrected chi connectivity index (χ2v) is 6.94. The third-order valence-electron chi connectivity index (χ3n) is 5.21. The minimum Gasteiger partial charge on any atom is -0.484 e. The van der Waals surface area contributed by atoms with E-state index in [0.29, 0.717) is 17.7 Å². The van der Waals surface area contributed by atoms with Gasteiger partial charge in [-0.1, -0.05) is 6.92 Å². The summed E-state index contributed by atoms with van der Waals surface area (Å²) in [5.74, 6) is 0.788. The number of carbonyl (C=O) groups excluding carboxylic acids is 2. The molecule has 0 bridgehead atoms. The van der Waals surface area contributed by atoms with Crippen LogP contribution in [0.15, 0.2) is 24.3 Å². The summed E-state index contributed by atoms with van der Waals surface area (Å²) >= 11 is 0. The van der Waals surface area contributed by atoms with Crippen LogP contribution in [0, 0.1) is 5.41 Å². The molecule has 2 aliphatic rings. The SMILES string of the molecule is CCC(=O)c1ccc(OCC(=O)N2CC[C@@]3(CCCNC3)C2)cc1. The van der Waals surface area contributed by atoms with E-state index in [2.05, 4.69) is 5.32 Å². The highest BCUT2D eigenvalue weighted by atomic mass is 16.5. The van der Waals surface area contributed by atoms with Gasteiger partial charge in [-0.2, -0.15) is 0 Å². The normalized spacial score (nSPS) is 23.5. The summed E-state index contributed by atoms with van der Waals surface area (Å²) in [7, 11) is 0. The van der Waals surface area contributed by atoms with Crippen molar-refractivity contribution in [2.75, 3.05) is 32.8 Å². The van der Waals surface area contributed by atoms with Gasteiger partial charge in [-0.3, -0.25) is 9.59 Å². The fourth-order valence-corrected chi connectivity index (χ4v) is 3.70. The van der Waals surface area contributed by atoms with Crippen LogP contribution in [-0.4, -0.2) is 49.4 Å². The quantitative estimate of drug-likeness (QED) is 0.842. The summed E-state index contributed by atoms with van der Waals surface area (Å²) in [5, 5.41) is 3.46. The maximum Gasteiger partial charge on any atom is 0.260 e. The zero-order valence-corrected chi connectivity index (χ0v) is 14.3. The summed E-state index contributed by atoms with van der Waals surface area (Å²) in [6, 6.07) is 7.02. The van der Waals surface area contributed by atoms with Crippen molar-refractivity contribution in [2.45, 2.75) is 32.6 Å². The zero-order chi connectivity index (χ0) is 17.0. The molecule has 5 nitrogen and oxygen atoms in total. The average Bonchev–Trinajstić information content (AvgIpc) is 3.03. The number of benzene rings is 1. The second-order valence-electron chi connectivity index (χ2n) is 6.94. The third-order valence-corrected chi connectivity index (χ3v) is 5.21. The van der Waals surface area contributed by atoms with E-state index in [0.717, 1.165) is 32.6 Å². The first-order chi connectivity index (χ1) is 11.6. The predicted octanol–water partition coefficient (Wildman–Crippen LogP) is 2.26. The van der Waals surface area contributed by atoms with Gasteiger partial charge in [0.05, 0.1) is 0 Å². The Balaban J connectivity index is 1.50. The van der Waals surface area contributed by atoms with Crippen LogP contribution in [0.5, 0.6) is 5.75 Å². The minimum absolute atomic E-state index is 0.0474. The molecule has 2 fully saturated rings. The van der Waals surface area contributed by atoms with Gasteiger partial charge in [-0.25, -0.2) is 0 Å². The van der Waals surface area contributed by atoms with Crippen molar-refractivity contribution < 1.29 is 14.3 Å². The van der Waals surface area contributed by atoms with Gasteiger partial charge >= 0.3 is 0 Å². The van der Waals surface area contributed by atoms with Crippen LogP contribution >= 0.6 is 0 Å². The van der Waals surface area contributed by atoms with E-state index in [-0.39, 0.29) is 23.7 Å². The topological polar surface area (TPSA) is 58.6 Å². The first-order valence-electron chi connectivity index (χ1n) is 8.86. The molecule has 0 radical (unpaired) electrons. The molecule has 1 aromatic rings. The lowest BCUT2D eigenvalue weighted by molar-refractivity contribution is -0.132.